The van der Waals surface area contributed by atoms with Gasteiger partial charge in [-0.2, -0.15) is 0 Å². The van der Waals surface area contributed by atoms with Gasteiger partial charge in [-0.1, -0.05) is 0 Å². The molecule has 0 aromatic carbocycles. The maximum Gasteiger partial charge on any atom is 0.300 e. The van der Waals surface area contributed by atoms with Gasteiger partial charge in [0, 0.05) is 6.92 Å². The van der Waals surface area contributed by atoms with Gasteiger partial charge in [0.1, 0.15) is 12.9 Å². The highest BCUT2D eigenvalue weighted by Crippen LogP contribution is 1.99. The number of aliphatic hydroxyl groups is 1. The number of carbonyl (C=O) groups is 1. The van der Waals surface area contributed by atoms with E-state index in [1.165, 1.54) is 0 Å². The fourth-order valence-electron chi connectivity index (χ4n) is 0.477. The number of ether oxygens (including phenoxy) is 2. The summed E-state index contributed by atoms with van der Waals surface area (Å²) in [5.74, 6) is -0.833. The summed E-state index contributed by atoms with van der Waals surface area (Å²) in [4.78, 5) is 9.00. The van der Waals surface area contributed by atoms with Crippen LogP contribution < -0.4 is 0 Å². The van der Waals surface area contributed by atoms with Crippen LogP contribution in [0.15, 0.2) is 0 Å². The van der Waals surface area contributed by atoms with Crippen molar-refractivity contribution in [3.05, 3.63) is 0 Å². The van der Waals surface area contributed by atoms with Crippen LogP contribution in [0.2, 0.25) is 0 Å². The van der Waals surface area contributed by atoms with Crippen LogP contribution in [-0.4, -0.2) is 42.3 Å². The monoisotopic (exact) mass is 164 g/mol. The molecule has 0 aromatic rings. The van der Waals surface area contributed by atoms with Crippen molar-refractivity contribution in [3.8, 4) is 0 Å². The summed E-state index contributed by atoms with van der Waals surface area (Å²) in [5.41, 5.74) is 0. The second-order valence-corrected chi connectivity index (χ2v) is 1.98. The van der Waals surface area contributed by atoms with Crippen LogP contribution in [0.3, 0.4) is 0 Å². The zero-order valence-electron chi connectivity index (χ0n) is 6.32. The minimum absolute atomic E-state index is 0.0694. The van der Waals surface area contributed by atoms with Crippen molar-refractivity contribution in [1.82, 2.24) is 0 Å². The standard InChI is InChI=1S/C4H8O3.C2H4O2/c5-1-4-2-6-3-7-4;1-2(3)4/h4-5H,1-3H2;1H3,(H,3,4). The third kappa shape index (κ3) is 7.24. The van der Waals surface area contributed by atoms with Crippen molar-refractivity contribution < 1.29 is 24.5 Å². The fourth-order valence-corrected chi connectivity index (χ4v) is 0.477. The van der Waals surface area contributed by atoms with Crippen molar-refractivity contribution in [2.45, 2.75) is 13.0 Å². The Kier molecular flexibility index (Phi) is 5.73. The first-order chi connectivity index (χ1) is 5.16. The molecule has 1 aliphatic rings. The molecule has 1 atom stereocenters. The molecule has 11 heavy (non-hydrogen) atoms. The van der Waals surface area contributed by atoms with E-state index in [0.717, 1.165) is 6.92 Å². The molecule has 5 heteroatoms. The molecule has 0 aliphatic carbocycles. The van der Waals surface area contributed by atoms with E-state index >= 15 is 0 Å². The number of carboxylic acid groups (broad SMARTS) is 1. The number of aliphatic carboxylic acids is 1. The van der Waals surface area contributed by atoms with E-state index in [1.54, 1.807) is 0 Å². The molecule has 1 aliphatic heterocycles. The first-order valence-electron chi connectivity index (χ1n) is 3.16. The first-order valence-corrected chi connectivity index (χ1v) is 3.16. The predicted octanol–water partition coefficient (Wildman–Crippen LogP) is -0.558. The molecule has 0 amide bonds. The summed E-state index contributed by atoms with van der Waals surface area (Å²) in [5, 5.41) is 15.8. The van der Waals surface area contributed by atoms with Gasteiger partial charge in [0.05, 0.1) is 13.2 Å². The van der Waals surface area contributed by atoms with Gasteiger partial charge in [-0.15, -0.1) is 0 Å². The van der Waals surface area contributed by atoms with Crippen molar-refractivity contribution in [3.63, 3.8) is 0 Å². The van der Waals surface area contributed by atoms with Crippen LogP contribution in [-0.2, 0) is 14.3 Å². The molecular weight excluding hydrogens is 152 g/mol. The Morgan fingerprint density at radius 2 is 2.27 bits per heavy atom. The molecule has 2 N–H and O–H groups in total. The molecule has 1 rings (SSSR count). The van der Waals surface area contributed by atoms with Crippen LogP contribution >= 0.6 is 0 Å². The Morgan fingerprint density at radius 3 is 2.45 bits per heavy atom. The zero-order chi connectivity index (χ0) is 8.69. The van der Waals surface area contributed by atoms with Crippen LogP contribution in [0.4, 0.5) is 0 Å². The highest BCUT2D eigenvalue weighted by atomic mass is 16.7. The summed E-state index contributed by atoms with van der Waals surface area (Å²) < 4.78 is 9.60. The number of aliphatic hydroxyl groups excluding tert-OH is 1. The molecule has 0 bridgehead atoms. The molecule has 5 nitrogen and oxygen atoms in total. The van der Waals surface area contributed by atoms with Crippen molar-refractivity contribution in [2.24, 2.45) is 0 Å². The minimum Gasteiger partial charge on any atom is -0.481 e. The lowest BCUT2D eigenvalue weighted by Gasteiger charge is -1.97. The maximum absolute atomic E-state index is 9.00. The summed E-state index contributed by atoms with van der Waals surface area (Å²) in [6, 6.07) is 0. The first kappa shape index (κ1) is 10.3. The number of rotatable bonds is 1. The van der Waals surface area contributed by atoms with Crippen LogP contribution in [0, 0.1) is 0 Å². The smallest absolute Gasteiger partial charge is 0.300 e. The summed E-state index contributed by atoms with van der Waals surface area (Å²) >= 11 is 0. The molecule has 1 fully saturated rings. The number of hydrogen-bond acceptors (Lipinski definition) is 4. The SMILES string of the molecule is CC(=O)O.OCC1COCO1. The molecule has 1 heterocycles. The van der Waals surface area contributed by atoms with Gasteiger partial charge in [0.25, 0.3) is 5.97 Å². The van der Waals surface area contributed by atoms with E-state index in [1.807, 2.05) is 0 Å². The fraction of sp³-hybridized carbons (Fsp3) is 0.833. The van der Waals surface area contributed by atoms with E-state index in [-0.39, 0.29) is 12.7 Å². The quantitative estimate of drug-likeness (QED) is 0.543. The molecule has 66 valence electrons. The molecular formula is C6H12O5. The van der Waals surface area contributed by atoms with Gasteiger partial charge in [0.2, 0.25) is 0 Å². The molecule has 1 saturated heterocycles. The molecule has 0 spiro atoms. The number of carboxylic acids is 1. The Hall–Kier alpha value is -0.650. The maximum atomic E-state index is 9.00. The lowest BCUT2D eigenvalue weighted by molar-refractivity contribution is -0.134. The average Bonchev–Trinajstić information content (AvgIpc) is 2.36. The average molecular weight is 164 g/mol. The van der Waals surface area contributed by atoms with E-state index in [4.69, 9.17) is 24.5 Å². The van der Waals surface area contributed by atoms with Crippen molar-refractivity contribution >= 4 is 5.97 Å². The van der Waals surface area contributed by atoms with Crippen LogP contribution in [0.25, 0.3) is 0 Å². The second kappa shape index (κ2) is 6.09. The Morgan fingerprint density at radius 1 is 1.73 bits per heavy atom. The second-order valence-electron chi connectivity index (χ2n) is 1.98. The molecule has 0 aromatic heterocycles. The Labute approximate surface area is 64.5 Å². The van der Waals surface area contributed by atoms with Gasteiger partial charge in [-0.05, 0) is 0 Å². The van der Waals surface area contributed by atoms with Crippen LogP contribution in [0.5, 0.6) is 0 Å². The van der Waals surface area contributed by atoms with Crippen molar-refractivity contribution in [2.75, 3.05) is 20.0 Å². The van der Waals surface area contributed by atoms with Gasteiger partial charge in [-0.25, -0.2) is 0 Å². The lowest BCUT2D eigenvalue weighted by Crippen LogP contribution is -2.13. The third-order valence-electron chi connectivity index (χ3n) is 0.894. The van der Waals surface area contributed by atoms with Crippen molar-refractivity contribution in [1.29, 1.82) is 0 Å². The van der Waals surface area contributed by atoms with E-state index in [9.17, 15) is 0 Å². The summed E-state index contributed by atoms with van der Waals surface area (Å²) in [6.45, 7) is 2.03. The minimum atomic E-state index is -0.833. The van der Waals surface area contributed by atoms with Gasteiger partial charge in [-0.3, -0.25) is 4.79 Å². The largest absolute Gasteiger partial charge is 0.481 e. The summed E-state index contributed by atoms with van der Waals surface area (Å²) in [6.07, 6.45) is -0.0694. The molecule has 1 unspecified atom stereocenters. The highest BCUT2D eigenvalue weighted by molar-refractivity contribution is 5.62. The number of hydrogen-bond donors (Lipinski definition) is 2. The van der Waals surface area contributed by atoms with Gasteiger partial charge < -0.3 is 19.7 Å². The van der Waals surface area contributed by atoms with E-state index in [2.05, 4.69) is 0 Å². The summed E-state index contributed by atoms with van der Waals surface area (Å²) in [7, 11) is 0. The van der Waals surface area contributed by atoms with Crippen LogP contribution in [0.1, 0.15) is 6.92 Å². The Bertz CT molecular complexity index is 104. The predicted molar refractivity (Wildman–Crippen MR) is 36.1 cm³/mol. The Balaban J connectivity index is 0.000000218. The normalized spacial score (nSPS) is 22.2. The molecule has 0 saturated carbocycles. The van der Waals surface area contributed by atoms with E-state index in [0.29, 0.717) is 13.4 Å². The van der Waals surface area contributed by atoms with Gasteiger partial charge in [0.15, 0.2) is 0 Å². The van der Waals surface area contributed by atoms with Gasteiger partial charge >= 0.3 is 0 Å². The van der Waals surface area contributed by atoms with E-state index < -0.39 is 5.97 Å². The zero-order valence-corrected chi connectivity index (χ0v) is 6.32. The molecule has 0 radical (unpaired) electrons. The lowest BCUT2D eigenvalue weighted by atomic mass is 10.4. The highest BCUT2D eigenvalue weighted by Gasteiger charge is 2.13. The third-order valence-corrected chi connectivity index (χ3v) is 0.894. The topological polar surface area (TPSA) is 76.0 Å².